The molecule has 1 aliphatic carbocycles. The molecule has 2 aromatic heterocycles. The van der Waals surface area contributed by atoms with Crippen molar-refractivity contribution in [1.82, 2.24) is 25.4 Å². The smallest absolute Gasteiger partial charge is 0.286 e. The molecule has 5 N–H and O–H groups in total. The van der Waals surface area contributed by atoms with E-state index in [9.17, 15) is 29.1 Å². The number of aliphatic hydroxyl groups excluding tert-OH is 1. The number of hydrogen-bond donors (Lipinski definition) is 4. The summed E-state index contributed by atoms with van der Waals surface area (Å²) < 4.78 is 1.68. The van der Waals surface area contributed by atoms with Gasteiger partial charge in [0.2, 0.25) is 12.5 Å². The molecule has 3 fully saturated rings. The Bertz CT molecular complexity index is 1770. The Hall–Kier alpha value is -4.81. The number of carbonyl (C=O) groups is 5. The lowest BCUT2D eigenvalue weighted by atomic mass is 10.0. The van der Waals surface area contributed by atoms with Gasteiger partial charge >= 0.3 is 0 Å². The molecule has 0 bridgehead atoms. The van der Waals surface area contributed by atoms with E-state index in [2.05, 4.69) is 20.8 Å². The lowest BCUT2D eigenvalue weighted by Crippen LogP contribution is -2.71. The molecule has 50 heavy (non-hydrogen) atoms. The van der Waals surface area contributed by atoms with Gasteiger partial charge in [0.25, 0.3) is 17.7 Å². The zero-order valence-corrected chi connectivity index (χ0v) is 28.5. The van der Waals surface area contributed by atoms with Gasteiger partial charge in [-0.25, -0.2) is 4.98 Å². The van der Waals surface area contributed by atoms with Crippen molar-refractivity contribution in [2.24, 2.45) is 5.16 Å². The topological polar surface area (TPSA) is 224 Å². The van der Waals surface area contributed by atoms with Crippen molar-refractivity contribution in [2.45, 2.75) is 62.7 Å². The number of likely N-dealkylation sites (tertiary alicyclic amines) is 1. The average Bonchev–Trinajstić information content (AvgIpc) is 3.86. The Morgan fingerprint density at radius 3 is 2.66 bits per heavy atom. The van der Waals surface area contributed by atoms with Crippen LogP contribution in [0.1, 0.15) is 43.4 Å². The molecule has 3 aliphatic heterocycles. The van der Waals surface area contributed by atoms with Crippen LogP contribution < -0.4 is 26.0 Å². The number of allylic oxidation sites excluding steroid dienone is 1. The van der Waals surface area contributed by atoms with Crippen molar-refractivity contribution in [2.75, 3.05) is 31.2 Å². The number of aliphatic hydroxyl groups is 1. The van der Waals surface area contributed by atoms with E-state index in [1.165, 1.54) is 17.8 Å². The highest BCUT2D eigenvalue weighted by Gasteiger charge is 2.53. The monoisotopic (exact) mass is 724 g/mol. The van der Waals surface area contributed by atoms with E-state index in [1.807, 2.05) is 0 Å². The van der Waals surface area contributed by atoms with Crippen molar-refractivity contribution >= 4 is 63.5 Å². The van der Waals surface area contributed by atoms with Crippen LogP contribution in [0.3, 0.4) is 0 Å². The number of nitrogen functional groups attached to an aromatic ring is 1. The molecular weight excluding hydrogens is 689 g/mol. The number of amides is 4. The zero-order chi connectivity index (χ0) is 35.4. The summed E-state index contributed by atoms with van der Waals surface area (Å²) in [6, 6.07) is 2.57. The van der Waals surface area contributed by atoms with Gasteiger partial charge in [-0.3, -0.25) is 24.1 Å². The molecule has 0 radical (unpaired) electrons. The Morgan fingerprint density at radius 2 is 1.98 bits per heavy atom. The van der Waals surface area contributed by atoms with E-state index in [4.69, 9.17) is 15.7 Å². The maximum Gasteiger partial charge on any atom is 0.286 e. The van der Waals surface area contributed by atoms with Crippen LogP contribution in [-0.4, -0.2) is 98.2 Å². The van der Waals surface area contributed by atoms with E-state index >= 15 is 0 Å². The van der Waals surface area contributed by atoms with Gasteiger partial charge in [-0.15, -0.1) is 23.1 Å². The zero-order valence-electron chi connectivity index (χ0n) is 26.9. The number of carboxylic acids is 1. The Labute approximate surface area is 295 Å². The van der Waals surface area contributed by atoms with E-state index in [0.717, 1.165) is 47.5 Å². The Kier molecular flexibility index (Phi) is 10.8. The van der Waals surface area contributed by atoms with Crippen LogP contribution in [0.15, 0.2) is 58.0 Å². The summed E-state index contributed by atoms with van der Waals surface area (Å²) in [7, 11) is 0. The van der Waals surface area contributed by atoms with Gasteiger partial charge in [-0.05, 0) is 49.3 Å². The molecule has 2 aromatic rings. The first-order chi connectivity index (χ1) is 24.1. The third-order valence-corrected chi connectivity index (χ3v) is 10.7. The fourth-order valence-corrected chi connectivity index (χ4v) is 8.03. The van der Waals surface area contributed by atoms with Crippen molar-refractivity contribution in [3.8, 4) is 0 Å². The number of nitrogens with zero attached hydrogens (tertiary/aromatic N) is 5. The number of nitrogens with two attached hydrogens (primary N) is 1. The van der Waals surface area contributed by atoms with Gasteiger partial charge in [-0.1, -0.05) is 5.16 Å². The van der Waals surface area contributed by atoms with Gasteiger partial charge in [0, 0.05) is 48.5 Å². The van der Waals surface area contributed by atoms with Gasteiger partial charge < -0.3 is 41.1 Å². The number of thiazole rings is 1. The van der Waals surface area contributed by atoms with Crippen molar-refractivity contribution in [1.29, 1.82) is 0 Å². The maximum atomic E-state index is 13.4. The second-order valence-electron chi connectivity index (χ2n) is 12.1. The average molecular weight is 725 g/mol. The molecule has 1 saturated carbocycles. The number of rotatable bonds is 13. The van der Waals surface area contributed by atoms with Crippen LogP contribution in [0.4, 0.5) is 5.13 Å². The minimum atomic E-state index is -1.56. The maximum absolute atomic E-state index is 13.4. The molecule has 264 valence electrons. The summed E-state index contributed by atoms with van der Waals surface area (Å²) in [6.45, 7) is 0.854. The molecule has 0 aromatic carbocycles. The number of carbonyl (C=O) groups excluding carboxylic acids is 5. The number of oxime groups is 1. The highest BCUT2D eigenvalue weighted by Crippen LogP contribution is 2.41. The van der Waals surface area contributed by atoms with Gasteiger partial charge in [0.1, 0.15) is 23.2 Å². The number of hydrogen-bond acceptors (Lipinski definition) is 13. The van der Waals surface area contributed by atoms with Crippen LogP contribution in [0, 0.1) is 0 Å². The minimum Gasteiger partial charge on any atom is -0.543 e. The SMILES string of the molecule is Nc1nc(/C(=N/OC2CCCC2)C(=O)N[C@@H]2C(=O)N3C(C(=O)[O-])=C(C=C4CCN(Cc5cc[n+](CC(=O)NCCO)cc5)C4=O)CS[C@H]23)cs1. The third kappa shape index (κ3) is 7.66. The number of β-lactam (4-membered cyclic amide) rings is 1. The van der Waals surface area contributed by atoms with E-state index in [-0.39, 0.29) is 71.2 Å². The van der Waals surface area contributed by atoms with Crippen molar-refractivity contribution in [3.05, 3.63) is 64.1 Å². The number of anilines is 1. The molecule has 4 amide bonds. The number of aromatic nitrogens is 2. The van der Waals surface area contributed by atoms with Gasteiger partial charge in [-0.2, -0.15) is 4.57 Å². The van der Waals surface area contributed by atoms with Gasteiger partial charge in [0.05, 0.1) is 18.3 Å². The van der Waals surface area contributed by atoms with E-state index in [1.54, 1.807) is 39.4 Å². The van der Waals surface area contributed by atoms with Crippen LogP contribution in [0.25, 0.3) is 0 Å². The summed E-state index contributed by atoms with van der Waals surface area (Å²) in [5.74, 6) is -3.22. The number of pyridine rings is 1. The number of nitrogens with one attached hydrogen (secondary N) is 2. The largest absolute Gasteiger partial charge is 0.543 e. The van der Waals surface area contributed by atoms with Crippen molar-refractivity contribution in [3.63, 3.8) is 0 Å². The van der Waals surface area contributed by atoms with Crippen LogP contribution in [0.2, 0.25) is 0 Å². The predicted octanol–water partition coefficient (Wildman–Crippen LogP) is -1.45. The molecular formula is C32H36N8O8S2. The molecule has 0 spiro atoms. The lowest BCUT2D eigenvalue weighted by Gasteiger charge is -2.50. The summed E-state index contributed by atoms with van der Waals surface area (Å²) >= 11 is 2.39. The van der Waals surface area contributed by atoms with E-state index in [0.29, 0.717) is 25.1 Å². The summed E-state index contributed by atoms with van der Waals surface area (Å²) in [6.07, 6.45) is 8.87. The number of carboxylic acid groups (broad SMARTS) is 1. The van der Waals surface area contributed by atoms with E-state index < -0.39 is 29.2 Å². The first kappa shape index (κ1) is 35.0. The molecule has 4 aliphatic rings. The molecule has 5 heterocycles. The molecule has 2 atom stereocenters. The molecule has 6 rings (SSSR count). The second-order valence-corrected chi connectivity index (χ2v) is 14.1. The number of fused-ring (bicyclic) bond motifs is 1. The number of aliphatic carboxylic acids is 1. The fourth-order valence-electron chi connectivity index (χ4n) is 6.17. The predicted molar refractivity (Wildman–Crippen MR) is 178 cm³/mol. The second kappa shape index (κ2) is 15.4. The Morgan fingerprint density at radius 1 is 1.22 bits per heavy atom. The summed E-state index contributed by atoms with van der Waals surface area (Å²) in [4.78, 5) is 76.8. The van der Waals surface area contributed by atoms with Crippen LogP contribution in [-0.2, 0) is 41.9 Å². The minimum absolute atomic E-state index is 0.0873. The van der Waals surface area contributed by atoms with Crippen molar-refractivity contribution < 1.29 is 43.6 Å². The lowest BCUT2D eigenvalue weighted by molar-refractivity contribution is -0.684. The van der Waals surface area contributed by atoms with Crippen LogP contribution in [0.5, 0.6) is 0 Å². The van der Waals surface area contributed by atoms with Gasteiger partial charge in [0.15, 0.2) is 23.2 Å². The fraction of sp³-hybridized carbons (Fsp3) is 0.438. The number of thioether (sulfide) groups is 1. The highest BCUT2D eigenvalue weighted by molar-refractivity contribution is 8.00. The molecule has 16 nitrogen and oxygen atoms in total. The van der Waals surface area contributed by atoms with Crippen LogP contribution >= 0.6 is 23.1 Å². The third-order valence-electron chi connectivity index (χ3n) is 8.71. The Balaban J connectivity index is 1.11. The summed E-state index contributed by atoms with van der Waals surface area (Å²) in [5.41, 5.74) is 7.06. The quantitative estimate of drug-likeness (QED) is 0.0615. The summed E-state index contributed by atoms with van der Waals surface area (Å²) in [5, 5.41) is 31.6. The molecule has 2 saturated heterocycles. The first-order valence-corrected chi connectivity index (χ1v) is 18.1. The first-order valence-electron chi connectivity index (χ1n) is 16.1. The normalized spacial score (nSPS) is 21.8. The molecule has 0 unspecified atom stereocenters. The standard InChI is InChI=1S/C32H36N8O8S2/c33-32-35-22(17-50-32)24(37-48-21-3-1-2-4-21)27(43)36-25-29(45)40-26(31(46)47)20(16-49-30(25)40)13-19-7-11-39(28(19)44)14-18-5-9-38(10-6-18)15-23(42)34-8-12-41/h5-6,9-10,13,17,21,25,30,41H,1-4,7-8,11-12,14-16H2,(H4-,33,34,35,36,42,43,46,47)/b19-13?,37-24-/t25-,30-/m1/s1. The molecule has 18 heteroatoms. The highest BCUT2D eigenvalue weighted by atomic mass is 32.2.